The Labute approximate surface area is 353 Å². The fourth-order valence-corrected chi connectivity index (χ4v) is 7.01. The number of phosphoric ester groups is 1. The number of esters is 2. The number of aliphatic hydroxyl groups excluding tert-OH is 2. The molecule has 3 unspecified atom stereocenters. The number of phosphoric acid groups is 1. The Morgan fingerprint density at radius 2 is 0.948 bits per heavy atom. The molecule has 0 fully saturated rings. The molecule has 0 saturated heterocycles. The lowest BCUT2D eigenvalue weighted by atomic mass is 10.0. The van der Waals surface area contributed by atoms with E-state index in [2.05, 4.69) is 62.5 Å². The molecule has 0 aromatic rings. The highest BCUT2D eigenvalue weighted by atomic mass is 31.2. The van der Waals surface area contributed by atoms with Crippen molar-refractivity contribution < 1.29 is 47.8 Å². The van der Waals surface area contributed by atoms with E-state index in [1.807, 2.05) is 0 Å². The van der Waals surface area contributed by atoms with Crippen LogP contribution in [0.1, 0.15) is 200 Å². The number of carbonyl (C=O) groups excluding carboxylic acids is 2. The molecule has 10 nitrogen and oxygen atoms in total. The lowest BCUT2D eigenvalue weighted by Crippen LogP contribution is -2.29. The summed E-state index contributed by atoms with van der Waals surface area (Å²) in [4.78, 5) is 35.1. The van der Waals surface area contributed by atoms with Gasteiger partial charge in [0.05, 0.1) is 19.8 Å². The third-order valence-corrected chi connectivity index (χ3v) is 10.7. The molecule has 11 heteroatoms. The van der Waals surface area contributed by atoms with Gasteiger partial charge in [0.1, 0.15) is 12.7 Å². The van der Waals surface area contributed by atoms with Crippen molar-refractivity contribution in [2.75, 3.05) is 26.4 Å². The van der Waals surface area contributed by atoms with Gasteiger partial charge in [0.2, 0.25) is 0 Å². The van der Waals surface area contributed by atoms with Crippen LogP contribution < -0.4 is 0 Å². The number of hydrogen-bond donors (Lipinski definition) is 3. The number of carbonyl (C=O) groups is 2. The summed E-state index contributed by atoms with van der Waals surface area (Å²) in [6.45, 7) is 2.27. The van der Waals surface area contributed by atoms with Gasteiger partial charge in [-0.15, -0.1) is 0 Å². The first-order valence-corrected chi connectivity index (χ1v) is 24.6. The van der Waals surface area contributed by atoms with Crippen molar-refractivity contribution in [3.8, 4) is 0 Å². The molecule has 0 aromatic heterocycles. The first-order valence-electron chi connectivity index (χ1n) is 23.1. The maximum Gasteiger partial charge on any atom is 0.472 e. The van der Waals surface area contributed by atoms with Gasteiger partial charge in [-0.1, -0.05) is 184 Å². The third-order valence-electron chi connectivity index (χ3n) is 9.75. The summed E-state index contributed by atoms with van der Waals surface area (Å²) < 4.78 is 32.8. The predicted molar refractivity (Wildman–Crippen MR) is 237 cm³/mol. The Morgan fingerprint density at radius 3 is 1.43 bits per heavy atom. The molecule has 3 N–H and O–H groups in total. The van der Waals surface area contributed by atoms with Gasteiger partial charge in [-0.3, -0.25) is 18.6 Å². The minimum absolute atomic E-state index is 0.175. The lowest BCUT2D eigenvalue weighted by Gasteiger charge is -2.20. The molecule has 0 radical (unpaired) electrons. The van der Waals surface area contributed by atoms with Gasteiger partial charge in [0, 0.05) is 12.8 Å². The highest BCUT2D eigenvalue weighted by Crippen LogP contribution is 2.43. The van der Waals surface area contributed by atoms with E-state index in [9.17, 15) is 24.2 Å². The highest BCUT2D eigenvalue weighted by molar-refractivity contribution is 7.47. The van der Waals surface area contributed by atoms with Crippen LogP contribution in [0.3, 0.4) is 0 Å². The molecule has 0 aliphatic rings. The Bertz CT molecular complexity index is 1110. The molecular formula is C47H85O10P. The summed E-state index contributed by atoms with van der Waals surface area (Å²) in [6, 6.07) is 0. The van der Waals surface area contributed by atoms with Crippen LogP contribution in [0.25, 0.3) is 0 Å². The molecule has 338 valence electrons. The van der Waals surface area contributed by atoms with Crippen LogP contribution >= 0.6 is 7.82 Å². The van der Waals surface area contributed by atoms with Gasteiger partial charge < -0.3 is 24.6 Å². The molecule has 0 aliphatic carbocycles. The molecule has 0 amide bonds. The number of rotatable bonds is 43. The van der Waals surface area contributed by atoms with E-state index in [0.29, 0.717) is 12.8 Å². The molecule has 58 heavy (non-hydrogen) atoms. The molecule has 0 rings (SSSR count). The van der Waals surface area contributed by atoms with Crippen molar-refractivity contribution in [3.63, 3.8) is 0 Å². The average molecular weight is 841 g/mol. The van der Waals surface area contributed by atoms with Gasteiger partial charge in [0.25, 0.3) is 0 Å². The number of aliphatic hydroxyl groups is 2. The van der Waals surface area contributed by atoms with E-state index in [1.165, 1.54) is 89.9 Å². The zero-order valence-electron chi connectivity index (χ0n) is 36.8. The normalized spacial score (nSPS) is 14.2. The minimum Gasteiger partial charge on any atom is -0.462 e. The summed E-state index contributed by atoms with van der Waals surface area (Å²) in [5.41, 5.74) is 0. The standard InChI is InChI=1S/C47H85O10P/c1-3-5-7-9-11-13-15-17-19-20-21-22-23-24-25-27-29-31-33-35-37-39-47(51)57-45(43-56-58(52,53)55-41-44(49)40-48)42-54-46(50)38-36-34-32-30-28-26-18-16-14-12-10-8-6-4-2/h5,7,11,13,17,19,21-22,44-45,48-49H,3-4,6,8-10,12,14-16,18,20,23-43H2,1-2H3,(H,52,53)/b7-5-,13-11-,19-17-,22-21-. The topological polar surface area (TPSA) is 149 Å². The summed E-state index contributed by atoms with van der Waals surface area (Å²) >= 11 is 0. The van der Waals surface area contributed by atoms with E-state index in [-0.39, 0.29) is 19.4 Å². The Kier molecular flexibility index (Phi) is 41.5. The second-order valence-electron chi connectivity index (χ2n) is 15.4. The smallest absolute Gasteiger partial charge is 0.462 e. The van der Waals surface area contributed by atoms with Crippen molar-refractivity contribution >= 4 is 19.8 Å². The molecular weight excluding hydrogens is 755 g/mol. The fourth-order valence-electron chi connectivity index (χ4n) is 6.22. The predicted octanol–water partition coefficient (Wildman–Crippen LogP) is 12.5. The molecule has 0 heterocycles. The first kappa shape index (κ1) is 55.9. The zero-order valence-corrected chi connectivity index (χ0v) is 37.6. The van der Waals surface area contributed by atoms with E-state index in [0.717, 1.165) is 70.6 Å². The van der Waals surface area contributed by atoms with Crippen LogP contribution in [0.2, 0.25) is 0 Å². The van der Waals surface area contributed by atoms with Crippen LogP contribution in [-0.2, 0) is 32.7 Å². The molecule has 0 spiro atoms. The van der Waals surface area contributed by atoms with Crippen LogP contribution in [0.5, 0.6) is 0 Å². The van der Waals surface area contributed by atoms with Crippen LogP contribution in [0, 0.1) is 0 Å². The molecule has 0 aliphatic heterocycles. The van der Waals surface area contributed by atoms with Gasteiger partial charge in [-0.05, 0) is 51.4 Å². The molecule has 0 saturated carbocycles. The van der Waals surface area contributed by atoms with Crippen molar-refractivity contribution in [2.45, 2.75) is 212 Å². The van der Waals surface area contributed by atoms with Crippen molar-refractivity contribution in [2.24, 2.45) is 0 Å². The maximum atomic E-state index is 12.6. The van der Waals surface area contributed by atoms with Crippen molar-refractivity contribution in [3.05, 3.63) is 48.6 Å². The Balaban J connectivity index is 4.25. The van der Waals surface area contributed by atoms with E-state index in [4.69, 9.17) is 23.6 Å². The van der Waals surface area contributed by atoms with E-state index >= 15 is 0 Å². The first-order chi connectivity index (χ1) is 28.2. The summed E-state index contributed by atoms with van der Waals surface area (Å²) in [5.74, 6) is -0.930. The highest BCUT2D eigenvalue weighted by Gasteiger charge is 2.27. The Hall–Kier alpha value is -2.07. The van der Waals surface area contributed by atoms with Gasteiger partial charge in [0.15, 0.2) is 6.10 Å². The van der Waals surface area contributed by atoms with E-state index < -0.39 is 51.8 Å². The van der Waals surface area contributed by atoms with Crippen LogP contribution in [0.4, 0.5) is 0 Å². The lowest BCUT2D eigenvalue weighted by molar-refractivity contribution is -0.161. The summed E-state index contributed by atoms with van der Waals surface area (Å²) in [6.07, 6.45) is 46.4. The van der Waals surface area contributed by atoms with Gasteiger partial charge >= 0.3 is 19.8 Å². The quantitative estimate of drug-likeness (QED) is 0.0234. The average Bonchev–Trinajstić information content (AvgIpc) is 3.21. The SMILES string of the molecule is CC/C=C\C/C=C\C/C=C\C/C=C\CCCCCCCCCCC(=O)OC(COC(=O)CCCCCCCCCCCCCCCC)COP(=O)(O)OCC(O)CO. The number of ether oxygens (including phenoxy) is 2. The number of hydrogen-bond acceptors (Lipinski definition) is 9. The van der Waals surface area contributed by atoms with Crippen molar-refractivity contribution in [1.82, 2.24) is 0 Å². The van der Waals surface area contributed by atoms with Crippen LogP contribution in [-0.4, -0.2) is 65.7 Å². The number of unbranched alkanes of at least 4 members (excludes halogenated alkanes) is 21. The maximum absolute atomic E-state index is 12.6. The molecule has 0 aromatic carbocycles. The number of allylic oxidation sites excluding steroid dienone is 8. The largest absolute Gasteiger partial charge is 0.472 e. The Morgan fingerprint density at radius 1 is 0.534 bits per heavy atom. The second kappa shape index (κ2) is 43.0. The van der Waals surface area contributed by atoms with Gasteiger partial charge in [-0.2, -0.15) is 0 Å². The molecule has 3 atom stereocenters. The van der Waals surface area contributed by atoms with Gasteiger partial charge in [-0.25, -0.2) is 4.57 Å². The zero-order chi connectivity index (χ0) is 42.6. The van der Waals surface area contributed by atoms with Crippen molar-refractivity contribution in [1.29, 1.82) is 0 Å². The summed E-state index contributed by atoms with van der Waals surface area (Å²) in [5, 5.41) is 18.4. The minimum atomic E-state index is -4.62. The van der Waals surface area contributed by atoms with E-state index in [1.54, 1.807) is 0 Å². The third kappa shape index (κ3) is 42.1. The summed E-state index contributed by atoms with van der Waals surface area (Å²) in [7, 11) is -4.62. The second-order valence-corrected chi connectivity index (χ2v) is 16.9. The van der Waals surface area contributed by atoms with Crippen LogP contribution in [0.15, 0.2) is 48.6 Å². The fraction of sp³-hybridized carbons (Fsp3) is 0.787. The molecule has 0 bridgehead atoms. The monoisotopic (exact) mass is 841 g/mol.